The number of carbonyl (C=O) groups is 1. The highest BCUT2D eigenvalue weighted by Gasteiger charge is 2.09. The maximum absolute atomic E-state index is 13.0. The van der Waals surface area contributed by atoms with Crippen LogP contribution in [0.4, 0.5) is 4.39 Å². The van der Waals surface area contributed by atoms with Crippen molar-refractivity contribution in [1.29, 1.82) is 0 Å². The Kier molecular flexibility index (Phi) is 3.66. The molecule has 0 aliphatic rings. The first-order valence-electron chi connectivity index (χ1n) is 4.58. The summed E-state index contributed by atoms with van der Waals surface area (Å²) in [5.74, 6) is 0.188. The molecule has 0 fully saturated rings. The van der Waals surface area contributed by atoms with E-state index in [-0.39, 0.29) is 11.7 Å². The van der Waals surface area contributed by atoms with Gasteiger partial charge in [-0.1, -0.05) is 0 Å². The molecule has 1 rings (SSSR count). The molecule has 0 unspecified atom stereocenters. The van der Waals surface area contributed by atoms with Gasteiger partial charge in [-0.3, -0.25) is 4.79 Å². The van der Waals surface area contributed by atoms with Crippen molar-refractivity contribution in [3.63, 3.8) is 0 Å². The van der Waals surface area contributed by atoms with Crippen molar-refractivity contribution in [1.82, 2.24) is 4.90 Å². The highest BCUT2D eigenvalue weighted by molar-refractivity contribution is 5.72. The van der Waals surface area contributed by atoms with E-state index in [9.17, 15) is 9.18 Å². The van der Waals surface area contributed by atoms with Gasteiger partial charge in [0.15, 0.2) is 0 Å². The normalized spacial score (nSPS) is 9.87. The number of nitrogens with zero attached hydrogens (tertiary/aromatic N) is 1. The Balaban J connectivity index is 2.91. The lowest BCUT2D eigenvalue weighted by atomic mass is 10.2. The molecule has 4 heteroatoms. The molecule has 0 radical (unpaired) electrons. The van der Waals surface area contributed by atoms with E-state index >= 15 is 0 Å². The summed E-state index contributed by atoms with van der Waals surface area (Å²) in [5.41, 5.74) is 0.662. The van der Waals surface area contributed by atoms with Gasteiger partial charge in [-0.2, -0.15) is 0 Å². The zero-order chi connectivity index (χ0) is 11.4. The third-order valence-electron chi connectivity index (χ3n) is 2.19. The maximum atomic E-state index is 13.0. The van der Waals surface area contributed by atoms with Crippen LogP contribution in [0.15, 0.2) is 18.2 Å². The molecule has 0 spiro atoms. The SMILES string of the molecule is COc1ccc(F)cc1CN(C)C(C)=O. The third-order valence-corrected chi connectivity index (χ3v) is 2.19. The molecule has 0 aliphatic heterocycles. The van der Waals surface area contributed by atoms with E-state index < -0.39 is 0 Å². The van der Waals surface area contributed by atoms with Gasteiger partial charge >= 0.3 is 0 Å². The summed E-state index contributed by atoms with van der Waals surface area (Å²) in [4.78, 5) is 12.5. The molecule has 0 saturated heterocycles. The first-order chi connectivity index (χ1) is 7.04. The largest absolute Gasteiger partial charge is 0.496 e. The van der Waals surface area contributed by atoms with E-state index in [2.05, 4.69) is 0 Å². The van der Waals surface area contributed by atoms with Crippen LogP contribution in [0.2, 0.25) is 0 Å². The molecular weight excluding hydrogens is 197 g/mol. The number of hydrogen-bond acceptors (Lipinski definition) is 2. The fraction of sp³-hybridized carbons (Fsp3) is 0.364. The summed E-state index contributed by atoms with van der Waals surface area (Å²) < 4.78 is 18.1. The van der Waals surface area contributed by atoms with Gasteiger partial charge < -0.3 is 9.64 Å². The van der Waals surface area contributed by atoms with Crippen molar-refractivity contribution in [3.05, 3.63) is 29.6 Å². The number of amides is 1. The van der Waals surface area contributed by atoms with E-state index in [0.29, 0.717) is 17.9 Å². The Labute approximate surface area is 88.5 Å². The van der Waals surface area contributed by atoms with E-state index in [1.54, 1.807) is 13.1 Å². The average molecular weight is 211 g/mol. The first kappa shape index (κ1) is 11.5. The number of halogens is 1. The van der Waals surface area contributed by atoms with E-state index in [1.807, 2.05) is 0 Å². The van der Waals surface area contributed by atoms with Crippen molar-refractivity contribution in [2.45, 2.75) is 13.5 Å². The van der Waals surface area contributed by atoms with Gasteiger partial charge in [-0.05, 0) is 18.2 Å². The monoisotopic (exact) mass is 211 g/mol. The standard InChI is InChI=1S/C11H14FNO2/c1-8(14)13(2)7-9-6-10(12)4-5-11(9)15-3/h4-6H,7H2,1-3H3. The zero-order valence-electron chi connectivity index (χ0n) is 9.08. The van der Waals surface area contributed by atoms with Gasteiger partial charge in [0.2, 0.25) is 5.91 Å². The summed E-state index contributed by atoms with van der Waals surface area (Å²) in [5, 5.41) is 0. The molecule has 0 aromatic heterocycles. The molecule has 0 bridgehead atoms. The van der Waals surface area contributed by atoms with Crippen LogP contribution in [0.3, 0.4) is 0 Å². The minimum Gasteiger partial charge on any atom is -0.496 e. The maximum Gasteiger partial charge on any atom is 0.219 e. The number of hydrogen-bond donors (Lipinski definition) is 0. The van der Waals surface area contributed by atoms with Crippen molar-refractivity contribution < 1.29 is 13.9 Å². The molecule has 0 saturated carbocycles. The average Bonchev–Trinajstić information content (AvgIpc) is 2.18. The molecule has 0 heterocycles. The number of carbonyl (C=O) groups excluding carboxylic acids is 1. The Morgan fingerprint density at radius 3 is 2.73 bits per heavy atom. The number of rotatable bonds is 3. The van der Waals surface area contributed by atoms with Gasteiger partial charge in [0.25, 0.3) is 0 Å². The highest BCUT2D eigenvalue weighted by atomic mass is 19.1. The molecule has 15 heavy (non-hydrogen) atoms. The Bertz CT molecular complexity index is 366. The summed E-state index contributed by atoms with van der Waals surface area (Å²) in [6.07, 6.45) is 0. The summed E-state index contributed by atoms with van der Waals surface area (Å²) in [7, 11) is 3.18. The van der Waals surface area contributed by atoms with Crippen LogP contribution in [-0.2, 0) is 11.3 Å². The lowest BCUT2D eigenvalue weighted by Crippen LogP contribution is -2.23. The lowest BCUT2D eigenvalue weighted by molar-refractivity contribution is -0.128. The second-order valence-electron chi connectivity index (χ2n) is 3.33. The van der Waals surface area contributed by atoms with Crippen LogP contribution >= 0.6 is 0 Å². The molecule has 1 aromatic carbocycles. The van der Waals surface area contributed by atoms with E-state index in [4.69, 9.17) is 4.74 Å². The van der Waals surface area contributed by atoms with Gasteiger partial charge in [0.1, 0.15) is 11.6 Å². The van der Waals surface area contributed by atoms with Crippen LogP contribution in [0.1, 0.15) is 12.5 Å². The molecular formula is C11H14FNO2. The van der Waals surface area contributed by atoms with Crippen molar-refractivity contribution >= 4 is 5.91 Å². The number of methoxy groups -OCH3 is 1. The van der Waals surface area contributed by atoms with Crippen molar-refractivity contribution in [2.75, 3.05) is 14.2 Å². The highest BCUT2D eigenvalue weighted by Crippen LogP contribution is 2.20. The fourth-order valence-corrected chi connectivity index (χ4v) is 1.24. The number of benzene rings is 1. The predicted octanol–water partition coefficient (Wildman–Crippen LogP) is 1.81. The Morgan fingerprint density at radius 2 is 2.20 bits per heavy atom. The van der Waals surface area contributed by atoms with Gasteiger partial charge in [-0.15, -0.1) is 0 Å². The van der Waals surface area contributed by atoms with E-state index in [0.717, 1.165) is 0 Å². The second-order valence-corrected chi connectivity index (χ2v) is 3.33. The molecule has 1 aromatic rings. The Morgan fingerprint density at radius 1 is 1.53 bits per heavy atom. The second kappa shape index (κ2) is 4.77. The molecule has 3 nitrogen and oxygen atoms in total. The summed E-state index contributed by atoms with van der Waals surface area (Å²) in [6, 6.07) is 4.26. The van der Waals surface area contributed by atoms with E-state index in [1.165, 1.54) is 31.1 Å². The number of ether oxygens (including phenoxy) is 1. The van der Waals surface area contributed by atoms with Crippen LogP contribution in [-0.4, -0.2) is 25.0 Å². The minimum absolute atomic E-state index is 0.0682. The van der Waals surface area contributed by atoms with Crippen molar-refractivity contribution in [3.8, 4) is 5.75 Å². The first-order valence-corrected chi connectivity index (χ1v) is 4.58. The lowest BCUT2D eigenvalue weighted by Gasteiger charge is -2.16. The van der Waals surface area contributed by atoms with Crippen LogP contribution in [0.5, 0.6) is 5.75 Å². The van der Waals surface area contributed by atoms with Gasteiger partial charge in [-0.25, -0.2) is 4.39 Å². The van der Waals surface area contributed by atoms with Gasteiger partial charge in [0, 0.05) is 26.1 Å². The summed E-state index contributed by atoms with van der Waals surface area (Å²) in [6.45, 7) is 1.81. The van der Waals surface area contributed by atoms with Crippen LogP contribution in [0.25, 0.3) is 0 Å². The van der Waals surface area contributed by atoms with Crippen molar-refractivity contribution in [2.24, 2.45) is 0 Å². The smallest absolute Gasteiger partial charge is 0.219 e. The summed E-state index contributed by atoms with van der Waals surface area (Å²) >= 11 is 0. The van der Waals surface area contributed by atoms with Crippen LogP contribution in [0, 0.1) is 5.82 Å². The molecule has 0 N–H and O–H groups in total. The molecule has 0 atom stereocenters. The Hall–Kier alpha value is -1.58. The topological polar surface area (TPSA) is 29.5 Å². The quantitative estimate of drug-likeness (QED) is 0.763. The zero-order valence-corrected chi connectivity index (χ0v) is 9.08. The molecule has 1 amide bonds. The third kappa shape index (κ3) is 2.94. The minimum atomic E-state index is -0.331. The predicted molar refractivity (Wildman–Crippen MR) is 55.1 cm³/mol. The molecule has 82 valence electrons. The molecule has 0 aliphatic carbocycles. The van der Waals surface area contributed by atoms with Gasteiger partial charge in [0.05, 0.1) is 7.11 Å². The fourth-order valence-electron chi connectivity index (χ4n) is 1.24. The van der Waals surface area contributed by atoms with Crippen LogP contribution < -0.4 is 4.74 Å².